The summed E-state index contributed by atoms with van der Waals surface area (Å²) in [6, 6.07) is 1.65. The number of anilines is 1. The molecule has 0 unspecified atom stereocenters. The first-order chi connectivity index (χ1) is 8.42. The van der Waals surface area contributed by atoms with Gasteiger partial charge in [-0.05, 0) is 19.8 Å². The number of hydrogen-bond donors (Lipinski definition) is 1. The predicted molar refractivity (Wildman–Crippen MR) is 69.2 cm³/mol. The molecule has 1 aromatic heterocycles. The van der Waals surface area contributed by atoms with Crippen LogP contribution in [-0.2, 0) is 4.79 Å². The number of carboxylic acids is 1. The van der Waals surface area contributed by atoms with Crippen molar-refractivity contribution in [2.75, 3.05) is 18.0 Å². The lowest BCUT2D eigenvalue weighted by Gasteiger charge is -2.37. The third-order valence-electron chi connectivity index (χ3n) is 3.42. The fraction of sp³-hybridized carbons (Fsp3) is 0.545. The molecule has 1 aromatic rings. The zero-order valence-corrected chi connectivity index (χ0v) is 11.4. The molecular weight excluding hydrogens is 277 g/mol. The highest BCUT2D eigenvalue weighted by molar-refractivity contribution is 6.33. The van der Waals surface area contributed by atoms with Crippen LogP contribution in [0.2, 0.25) is 10.3 Å². The average molecular weight is 290 g/mol. The highest BCUT2D eigenvalue weighted by Gasteiger charge is 2.37. The number of halogens is 2. The topological polar surface area (TPSA) is 66.3 Å². The van der Waals surface area contributed by atoms with Crippen molar-refractivity contribution in [3.8, 4) is 0 Å². The third-order valence-corrected chi connectivity index (χ3v) is 3.88. The monoisotopic (exact) mass is 289 g/mol. The molecule has 1 saturated heterocycles. The predicted octanol–water partition coefficient (Wildman–Crippen LogP) is 2.47. The fourth-order valence-electron chi connectivity index (χ4n) is 2.02. The molecule has 18 heavy (non-hydrogen) atoms. The highest BCUT2D eigenvalue weighted by atomic mass is 35.5. The second-order valence-corrected chi connectivity index (χ2v) is 5.44. The zero-order valence-electron chi connectivity index (χ0n) is 9.86. The molecule has 1 aliphatic rings. The van der Waals surface area contributed by atoms with Crippen molar-refractivity contribution in [3.63, 3.8) is 0 Å². The van der Waals surface area contributed by atoms with Crippen LogP contribution in [0.4, 0.5) is 5.69 Å². The molecule has 0 saturated carbocycles. The van der Waals surface area contributed by atoms with Gasteiger partial charge in [0.05, 0.1) is 11.1 Å². The fourth-order valence-corrected chi connectivity index (χ4v) is 2.37. The van der Waals surface area contributed by atoms with Crippen molar-refractivity contribution in [3.05, 3.63) is 16.4 Å². The molecule has 0 spiro atoms. The van der Waals surface area contributed by atoms with Crippen molar-refractivity contribution in [2.45, 2.75) is 19.8 Å². The van der Waals surface area contributed by atoms with Gasteiger partial charge in [-0.2, -0.15) is 0 Å². The molecule has 1 N–H and O–H groups in total. The van der Waals surface area contributed by atoms with Gasteiger partial charge in [0.25, 0.3) is 0 Å². The first-order valence-electron chi connectivity index (χ1n) is 5.59. The minimum Gasteiger partial charge on any atom is -0.481 e. The summed E-state index contributed by atoms with van der Waals surface area (Å²) in [4.78, 5) is 13.1. The number of aliphatic carboxylic acids is 1. The van der Waals surface area contributed by atoms with Gasteiger partial charge in [-0.15, -0.1) is 10.2 Å². The largest absolute Gasteiger partial charge is 0.481 e. The first-order valence-corrected chi connectivity index (χ1v) is 6.35. The minimum absolute atomic E-state index is 0.279. The average Bonchev–Trinajstić information content (AvgIpc) is 2.33. The van der Waals surface area contributed by atoms with Gasteiger partial charge in [-0.3, -0.25) is 4.79 Å². The molecule has 0 aliphatic carbocycles. The maximum absolute atomic E-state index is 11.2. The molecule has 2 rings (SSSR count). The molecule has 1 aliphatic heterocycles. The first kappa shape index (κ1) is 13.4. The molecule has 0 radical (unpaired) electrons. The lowest BCUT2D eigenvalue weighted by molar-refractivity contribution is -0.149. The van der Waals surface area contributed by atoms with E-state index >= 15 is 0 Å². The summed E-state index contributed by atoms with van der Waals surface area (Å²) in [5.41, 5.74) is 0.0526. The number of rotatable bonds is 2. The van der Waals surface area contributed by atoms with E-state index in [1.807, 2.05) is 4.90 Å². The molecule has 98 valence electrons. The van der Waals surface area contributed by atoms with Crippen LogP contribution in [-0.4, -0.2) is 34.4 Å². The summed E-state index contributed by atoms with van der Waals surface area (Å²) in [5.74, 6) is -0.751. The maximum Gasteiger partial charge on any atom is 0.309 e. The Labute approximate surface area is 115 Å². The molecule has 7 heteroatoms. The van der Waals surface area contributed by atoms with Gasteiger partial charge in [0.1, 0.15) is 0 Å². The molecule has 0 amide bonds. The van der Waals surface area contributed by atoms with Crippen LogP contribution in [0.5, 0.6) is 0 Å². The van der Waals surface area contributed by atoms with E-state index in [1.165, 1.54) is 0 Å². The van der Waals surface area contributed by atoms with E-state index in [2.05, 4.69) is 10.2 Å². The third kappa shape index (κ3) is 2.52. The van der Waals surface area contributed by atoms with Gasteiger partial charge in [0, 0.05) is 19.2 Å². The number of hydrogen-bond acceptors (Lipinski definition) is 4. The minimum atomic E-state index is -0.751. The second-order valence-electron chi connectivity index (χ2n) is 4.70. The van der Waals surface area contributed by atoms with Gasteiger partial charge in [-0.25, -0.2) is 0 Å². The summed E-state index contributed by atoms with van der Waals surface area (Å²) in [6.45, 7) is 3.00. The number of nitrogens with zero attached hydrogens (tertiary/aromatic N) is 3. The van der Waals surface area contributed by atoms with Crippen molar-refractivity contribution < 1.29 is 9.90 Å². The molecular formula is C11H13Cl2N3O2. The van der Waals surface area contributed by atoms with Gasteiger partial charge in [0.15, 0.2) is 10.3 Å². The number of aromatic nitrogens is 2. The van der Waals surface area contributed by atoms with Crippen LogP contribution < -0.4 is 4.90 Å². The Bertz CT molecular complexity index is 473. The van der Waals surface area contributed by atoms with Crippen LogP contribution in [0.1, 0.15) is 19.8 Å². The van der Waals surface area contributed by atoms with E-state index in [0.717, 1.165) is 0 Å². The molecule has 5 nitrogen and oxygen atoms in total. The Morgan fingerprint density at radius 2 is 2.00 bits per heavy atom. The van der Waals surface area contributed by atoms with Gasteiger partial charge in [0.2, 0.25) is 0 Å². The molecule has 0 atom stereocenters. The quantitative estimate of drug-likeness (QED) is 0.906. The molecule has 1 fully saturated rings. The standard InChI is InChI=1S/C11H13Cl2N3O2/c1-11(10(17)18)2-4-16(5-3-11)7-6-8(12)14-15-9(7)13/h6H,2-5H2,1H3,(H,17,18). The summed E-state index contributed by atoms with van der Waals surface area (Å²) < 4.78 is 0. The summed E-state index contributed by atoms with van der Waals surface area (Å²) in [6.07, 6.45) is 1.14. The van der Waals surface area contributed by atoms with Crippen molar-refractivity contribution in [1.29, 1.82) is 0 Å². The van der Waals surface area contributed by atoms with Crippen LogP contribution in [0.15, 0.2) is 6.07 Å². The van der Waals surface area contributed by atoms with E-state index in [-0.39, 0.29) is 5.15 Å². The van der Waals surface area contributed by atoms with E-state index in [1.54, 1.807) is 13.0 Å². The van der Waals surface area contributed by atoms with E-state index in [0.29, 0.717) is 36.8 Å². The summed E-state index contributed by atoms with van der Waals surface area (Å²) in [7, 11) is 0. The Morgan fingerprint density at radius 3 is 2.56 bits per heavy atom. The zero-order chi connectivity index (χ0) is 13.3. The van der Waals surface area contributed by atoms with Crippen LogP contribution in [0.25, 0.3) is 0 Å². The Kier molecular flexibility index (Phi) is 3.64. The van der Waals surface area contributed by atoms with E-state index < -0.39 is 11.4 Å². The lowest BCUT2D eigenvalue weighted by atomic mass is 9.80. The number of carboxylic acid groups (broad SMARTS) is 1. The van der Waals surface area contributed by atoms with Gasteiger partial charge in [-0.1, -0.05) is 23.2 Å². The lowest BCUT2D eigenvalue weighted by Crippen LogP contribution is -2.42. The van der Waals surface area contributed by atoms with Crippen LogP contribution in [0.3, 0.4) is 0 Å². The van der Waals surface area contributed by atoms with Crippen molar-refractivity contribution in [1.82, 2.24) is 10.2 Å². The maximum atomic E-state index is 11.2. The highest BCUT2D eigenvalue weighted by Crippen LogP contribution is 2.35. The van der Waals surface area contributed by atoms with Gasteiger partial charge < -0.3 is 10.0 Å². The number of piperidine rings is 1. The SMILES string of the molecule is CC1(C(=O)O)CCN(c2cc(Cl)nnc2Cl)CC1. The summed E-state index contributed by atoms with van der Waals surface area (Å²) >= 11 is 11.8. The van der Waals surface area contributed by atoms with Gasteiger partial charge >= 0.3 is 5.97 Å². The second kappa shape index (κ2) is 4.90. The molecule has 2 heterocycles. The Balaban J connectivity index is 2.15. The van der Waals surface area contributed by atoms with Crippen molar-refractivity contribution >= 4 is 34.9 Å². The Hall–Kier alpha value is -1.07. The van der Waals surface area contributed by atoms with Crippen LogP contribution >= 0.6 is 23.2 Å². The van der Waals surface area contributed by atoms with E-state index in [4.69, 9.17) is 28.3 Å². The molecule has 0 aromatic carbocycles. The summed E-state index contributed by atoms with van der Waals surface area (Å²) in [5, 5.41) is 17.1. The van der Waals surface area contributed by atoms with Crippen LogP contribution in [0, 0.1) is 5.41 Å². The van der Waals surface area contributed by atoms with Crippen molar-refractivity contribution in [2.24, 2.45) is 5.41 Å². The Morgan fingerprint density at radius 1 is 1.39 bits per heavy atom. The normalized spacial score (nSPS) is 18.7. The smallest absolute Gasteiger partial charge is 0.309 e. The number of carbonyl (C=O) groups is 1. The molecule has 0 bridgehead atoms. The van der Waals surface area contributed by atoms with E-state index in [9.17, 15) is 4.79 Å².